The van der Waals surface area contributed by atoms with Crippen LogP contribution in [0.1, 0.15) is 40.0 Å². The number of hydrogen-bond acceptors (Lipinski definition) is 7. The van der Waals surface area contributed by atoms with Crippen LogP contribution in [-0.2, 0) is 16.9 Å². The van der Waals surface area contributed by atoms with Gasteiger partial charge in [-0.1, -0.05) is 37.3 Å². The van der Waals surface area contributed by atoms with Crippen LogP contribution < -0.4 is 15.4 Å². The number of likely N-dealkylation sites (N-methyl/N-ethyl adjacent to an activating group) is 1. The molecule has 2 atom stereocenters. The lowest BCUT2D eigenvalue weighted by molar-refractivity contribution is -0.124. The molecule has 2 aromatic rings. The van der Waals surface area contributed by atoms with Gasteiger partial charge in [0.05, 0.1) is 26.3 Å². The third kappa shape index (κ3) is 4.56. The van der Waals surface area contributed by atoms with Gasteiger partial charge in [0.1, 0.15) is 5.75 Å². The van der Waals surface area contributed by atoms with Crippen molar-refractivity contribution in [3.63, 3.8) is 0 Å². The molecule has 2 aromatic carbocycles. The zero-order valence-corrected chi connectivity index (χ0v) is 21.2. The molecule has 0 aliphatic carbocycles. The molecule has 196 valence electrons. The number of aliphatic hydroxyl groups excluding tert-OH is 1. The Morgan fingerprint density at radius 3 is 2.38 bits per heavy atom. The first kappa shape index (κ1) is 25.2. The Labute approximate surface area is 216 Å². The number of ether oxygens (including phenoxy) is 1. The van der Waals surface area contributed by atoms with Gasteiger partial charge >= 0.3 is 6.03 Å². The number of nitrogens with one attached hydrogen (secondary N) is 2. The fourth-order valence-electron chi connectivity index (χ4n) is 5.59. The van der Waals surface area contributed by atoms with E-state index in [0.29, 0.717) is 23.4 Å². The lowest BCUT2D eigenvalue weighted by atomic mass is 9.88. The number of nitrogens with zero attached hydrogens (tertiary/aromatic N) is 3. The molecule has 0 bridgehead atoms. The maximum Gasteiger partial charge on any atom is 0.322 e. The molecule has 37 heavy (non-hydrogen) atoms. The zero-order valence-electron chi connectivity index (χ0n) is 21.2. The summed E-state index contributed by atoms with van der Waals surface area (Å²) < 4.78 is 5.26. The Balaban J connectivity index is 1.39. The van der Waals surface area contributed by atoms with Crippen LogP contribution >= 0.6 is 0 Å². The second kappa shape index (κ2) is 10.1. The normalized spacial score (nSPS) is 23.1. The smallest absolute Gasteiger partial charge is 0.322 e. The second-order valence-electron chi connectivity index (χ2n) is 9.79. The van der Waals surface area contributed by atoms with E-state index >= 15 is 0 Å². The van der Waals surface area contributed by atoms with Crippen molar-refractivity contribution in [3.8, 4) is 5.75 Å². The highest BCUT2D eigenvalue weighted by atomic mass is 16.5. The summed E-state index contributed by atoms with van der Waals surface area (Å²) in [6, 6.07) is 12.0. The minimum absolute atomic E-state index is 0.0118. The van der Waals surface area contributed by atoms with Crippen molar-refractivity contribution in [1.29, 1.82) is 0 Å². The minimum Gasteiger partial charge on any atom is -0.497 e. The largest absolute Gasteiger partial charge is 0.497 e. The number of fused-ring (bicyclic) bond motifs is 1. The van der Waals surface area contributed by atoms with Crippen LogP contribution in [0.4, 0.5) is 4.79 Å². The summed E-state index contributed by atoms with van der Waals surface area (Å²) in [5, 5.41) is 15.3. The summed E-state index contributed by atoms with van der Waals surface area (Å²) in [5.74, 6) is -0.132. The maximum atomic E-state index is 13.2. The number of urea groups is 1. The number of benzene rings is 2. The molecule has 4 amide bonds. The molecule has 2 fully saturated rings. The van der Waals surface area contributed by atoms with Crippen LogP contribution in [0.2, 0.25) is 0 Å². The van der Waals surface area contributed by atoms with Gasteiger partial charge in [0.25, 0.3) is 11.8 Å². The molecule has 0 spiro atoms. The molecule has 0 radical (unpaired) electrons. The minimum atomic E-state index is -1.42. The number of amides is 4. The van der Waals surface area contributed by atoms with Gasteiger partial charge in [-0.05, 0) is 35.4 Å². The molecule has 1 unspecified atom stereocenters. The van der Waals surface area contributed by atoms with Crippen molar-refractivity contribution in [1.82, 2.24) is 25.3 Å². The lowest BCUT2D eigenvalue weighted by Gasteiger charge is -2.38. The molecule has 3 heterocycles. The maximum absolute atomic E-state index is 13.2. The summed E-state index contributed by atoms with van der Waals surface area (Å²) >= 11 is 0. The quantitative estimate of drug-likeness (QED) is 0.458. The van der Waals surface area contributed by atoms with Crippen LogP contribution in [0.5, 0.6) is 5.75 Å². The average Bonchev–Trinajstić information content (AvgIpc) is 3.39. The molecular formula is C27H33N5O5. The Kier molecular flexibility index (Phi) is 6.89. The molecule has 3 aliphatic heterocycles. The van der Waals surface area contributed by atoms with Gasteiger partial charge in [-0.15, -0.1) is 0 Å². The first-order valence-corrected chi connectivity index (χ1v) is 12.7. The number of rotatable bonds is 8. The van der Waals surface area contributed by atoms with Crippen LogP contribution in [-0.4, -0.2) is 90.6 Å². The number of hydrogen-bond donors (Lipinski definition) is 3. The van der Waals surface area contributed by atoms with Crippen LogP contribution in [0.25, 0.3) is 0 Å². The number of carbonyl (C=O) groups is 3. The summed E-state index contributed by atoms with van der Waals surface area (Å²) in [6.45, 7) is 7.11. The van der Waals surface area contributed by atoms with Crippen LogP contribution in [0.3, 0.4) is 0 Å². The number of imide groups is 1. The molecule has 3 N–H and O–H groups in total. The van der Waals surface area contributed by atoms with Crippen molar-refractivity contribution in [3.05, 3.63) is 64.7 Å². The van der Waals surface area contributed by atoms with Crippen molar-refractivity contribution < 1.29 is 24.2 Å². The summed E-state index contributed by atoms with van der Waals surface area (Å²) in [6.07, 6.45) is 0. The Morgan fingerprint density at radius 2 is 1.78 bits per heavy atom. The Morgan fingerprint density at radius 1 is 1.05 bits per heavy atom. The molecule has 0 aromatic heterocycles. The molecular weight excluding hydrogens is 474 g/mol. The highest BCUT2D eigenvalue weighted by Gasteiger charge is 2.50. The van der Waals surface area contributed by atoms with E-state index in [-0.39, 0.29) is 25.1 Å². The van der Waals surface area contributed by atoms with Gasteiger partial charge in [0.2, 0.25) is 0 Å². The van der Waals surface area contributed by atoms with E-state index in [1.165, 1.54) is 0 Å². The highest BCUT2D eigenvalue weighted by molar-refractivity contribution is 6.08. The predicted molar refractivity (Wildman–Crippen MR) is 136 cm³/mol. The van der Waals surface area contributed by atoms with Crippen molar-refractivity contribution in [2.24, 2.45) is 0 Å². The summed E-state index contributed by atoms with van der Waals surface area (Å²) in [7, 11) is 1.54. The number of piperazine rings is 1. The number of carbonyl (C=O) groups excluding carboxylic acids is 3. The fourth-order valence-corrected chi connectivity index (χ4v) is 5.59. The van der Waals surface area contributed by atoms with E-state index in [1.54, 1.807) is 24.1 Å². The van der Waals surface area contributed by atoms with Gasteiger partial charge in [-0.25, -0.2) is 4.79 Å². The molecule has 0 saturated carbocycles. The van der Waals surface area contributed by atoms with E-state index in [2.05, 4.69) is 27.4 Å². The molecule has 10 nitrogen and oxygen atoms in total. The Hall–Kier alpha value is -3.47. The van der Waals surface area contributed by atoms with Gasteiger partial charge in [-0.2, -0.15) is 0 Å². The van der Waals surface area contributed by atoms with Gasteiger partial charge in [0, 0.05) is 38.3 Å². The highest BCUT2D eigenvalue weighted by Crippen LogP contribution is 2.33. The topological polar surface area (TPSA) is 114 Å². The number of aliphatic hydroxyl groups is 1. The van der Waals surface area contributed by atoms with Crippen LogP contribution in [0.15, 0.2) is 42.5 Å². The van der Waals surface area contributed by atoms with Gasteiger partial charge < -0.3 is 25.0 Å². The third-order valence-electron chi connectivity index (χ3n) is 7.82. The Bertz CT molecular complexity index is 1190. The monoisotopic (exact) mass is 507 g/mol. The van der Waals surface area contributed by atoms with Gasteiger partial charge in [0.15, 0.2) is 5.54 Å². The zero-order chi connectivity index (χ0) is 26.2. The van der Waals surface area contributed by atoms with Crippen molar-refractivity contribution in [2.75, 3.05) is 53.0 Å². The lowest BCUT2D eigenvalue weighted by Crippen LogP contribution is -2.52. The van der Waals surface area contributed by atoms with E-state index in [4.69, 9.17) is 4.74 Å². The first-order valence-electron chi connectivity index (χ1n) is 12.7. The van der Waals surface area contributed by atoms with E-state index in [0.717, 1.165) is 43.9 Å². The van der Waals surface area contributed by atoms with E-state index in [1.807, 2.05) is 30.3 Å². The average molecular weight is 508 g/mol. The summed E-state index contributed by atoms with van der Waals surface area (Å²) in [4.78, 5) is 44.9. The molecule has 2 saturated heterocycles. The van der Waals surface area contributed by atoms with E-state index < -0.39 is 17.5 Å². The SMILES string of the molecule is CCN1CCN(C(CO)c2ccc([C@]3(CN4Cc5ccc(OC)cc5C4=O)NC(=O)NC3=O)cc2)CC1. The van der Waals surface area contributed by atoms with Crippen molar-refractivity contribution in [2.45, 2.75) is 25.0 Å². The fraction of sp³-hybridized carbons (Fsp3) is 0.444. The molecule has 10 heteroatoms. The van der Waals surface area contributed by atoms with Crippen LogP contribution in [0, 0.1) is 0 Å². The van der Waals surface area contributed by atoms with E-state index in [9.17, 15) is 19.5 Å². The van der Waals surface area contributed by atoms with Gasteiger partial charge in [-0.3, -0.25) is 19.8 Å². The molecule has 5 rings (SSSR count). The first-order chi connectivity index (χ1) is 17.9. The summed E-state index contributed by atoms with van der Waals surface area (Å²) in [5.41, 5.74) is 1.47. The predicted octanol–water partition coefficient (Wildman–Crippen LogP) is 1.06. The number of methoxy groups -OCH3 is 1. The third-order valence-corrected chi connectivity index (χ3v) is 7.82. The second-order valence-corrected chi connectivity index (χ2v) is 9.79. The molecule has 3 aliphatic rings. The standard InChI is InChI=1S/C27H33N5O5/c1-3-30-10-12-31(13-11-30)23(16-33)18-4-7-20(8-5-18)27(25(35)28-26(36)29-27)17-32-15-19-6-9-21(37-2)14-22(19)24(32)34/h4-9,14,23,33H,3,10-13,15-17H2,1-2H3,(H2,28,29,35,36)/t23?,27-/m0/s1. The van der Waals surface area contributed by atoms with Crippen molar-refractivity contribution >= 4 is 17.8 Å².